The lowest BCUT2D eigenvalue weighted by Crippen LogP contribution is -2.44. The number of ether oxygens (including phenoxy) is 1. The number of anilines is 1. The van der Waals surface area contributed by atoms with Crippen LogP contribution in [0.5, 0.6) is 0 Å². The zero-order valence-corrected chi connectivity index (χ0v) is 15.2. The normalized spacial score (nSPS) is 16.2. The highest BCUT2D eigenvalue weighted by Gasteiger charge is 2.41. The quantitative estimate of drug-likeness (QED) is 0.751. The number of aromatic nitrogens is 1. The first-order valence-corrected chi connectivity index (χ1v) is 9.10. The van der Waals surface area contributed by atoms with E-state index in [0.29, 0.717) is 26.1 Å². The van der Waals surface area contributed by atoms with Gasteiger partial charge >= 0.3 is 0 Å². The third-order valence-corrected chi connectivity index (χ3v) is 5.40. The van der Waals surface area contributed by atoms with Crippen molar-refractivity contribution in [2.24, 2.45) is 0 Å². The maximum Gasteiger partial charge on any atom is 0.235 e. The minimum absolute atomic E-state index is 0.0913. The van der Waals surface area contributed by atoms with E-state index >= 15 is 0 Å². The van der Waals surface area contributed by atoms with E-state index < -0.39 is 5.41 Å². The van der Waals surface area contributed by atoms with Gasteiger partial charge in [-0.15, -0.1) is 0 Å². The van der Waals surface area contributed by atoms with Gasteiger partial charge in [0.05, 0.1) is 16.6 Å². The standard InChI is InChI=1S/C22H21FN2O2/c1-15-4-9-19(18-3-2-12-24-20(15)18)25-21(26)22(10-13-27-14-11-22)16-5-7-17(23)8-6-16/h2-9,12H,10-11,13-14H2,1H3,(H,25,26). The van der Waals surface area contributed by atoms with Gasteiger partial charge in [-0.25, -0.2) is 4.39 Å². The van der Waals surface area contributed by atoms with Gasteiger partial charge in [-0.05, 0) is 61.2 Å². The highest BCUT2D eigenvalue weighted by Crippen LogP contribution is 2.37. The first kappa shape index (κ1) is 17.6. The summed E-state index contributed by atoms with van der Waals surface area (Å²) in [5.41, 5.74) is 2.76. The fourth-order valence-electron chi connectivity index (χ4n) is 3.80. The maximum atomic E-state index is 13.4. The average molecular weight is 364 g/mol. The molecule has 0 bridgehead atoms. The highest BCUT2D eigenvalue weighted by molar-refractivity contribution is 6.05. The Morgan fingerprint density at radius 2 is 1.85 bits per heavy atom. The van der Waals surface area contributed by atoms with Crippen molar-refractivity contribution in [3.8, 4) is 0 Å². The molecule has 1 aromatic heterocycles. The van der Waals surface area contributed by atoms with Gasteiger partial charge in [-0.3, -0.25) is 9.78 Å². The number of pyridine rings is 1. The molecule has 1 saturated heterocycles. The zero-order valence-electron chi connectivity index (χ0n) is 15.2. The Morgan fingerprint density at radius 3 is 2.59 bits per heavy atom. The Morgan fingerprint density at radius 1 is 1.11 bits per heavy atom. The molecule has 1 fully saturated rings. The Balaban J connectivity index is 1.73. The van der Waals surface area contributed by atoms with E-state index in [4.69, 9.17) is 4.74 Å². The Labute approximate surface area is 157 Å². The number of nitrogens with zero attached hydrogens (tertiary/aromatic N) is 1. The van der Waals surface area contributed by atoms with Gasteiger partial charge in [0, 0.05) is 24.8 Å². The molecule has 138 valence electrons. The number of halogens is 1. The van der Waals surface area contributed by atoms with Crippen LogP contribution in [0.2, 0.25) is 0 Å². The van der Waals surface area contributed by atoms with Crippen LogP contribution in [0.25, 0.3) is 10.9 Å². The molecule has 2 heterocycles. The summed E-state index contributed by atoms with van der Waals surface area (Å²) in [6.45, 7) is 3.00. The predicted octanol–water partition coefficient (Wildman–Crippen LogP) is 4.37. The number of amides is 1. The van der Waals surface area contributed by atoms with Gasteiger partial charge in [-0.1, -0.05) is 18.2 Å². The molecule has 27 heavy (non-hydrogen) atoms. The van der Waals surface area contributed by atoms with E-state index in [-0.39, 0.29) is 11.7 Å². The van der Waals surface area contributed by atoms with E-state index in [1.54, 1.807) is 18.3 Å². The van der Waals surface area contributed by atoms with Crippen LogP contribution in [0.4, 0.5) is 10.1 Å². The summed E-state index contributed by atoms with van der Waals surface area (Å²) in [4.78, 5) is 17.9. The van der Waals surface area contributed by atoms with Crippen molar-refractivity contribution < 1.29 is 13.9 Å². The van der Waals surface area contributed by atoms with Crippen molar-refractivity contribution in [1.82, 2.24) is 4.98 Å². The van der Waals surface area contributed by atoms with Gasteiger partial charge in [0.15, 0.2) is 0 Å². The molecule has 0 saturated carbocycles. The molecule has 0 atom stereocenters. The minimum atomic E-state index is -0.731. The second-order valence-electron chi connectivity index (χ2n) is 6.99. The Kier molecular flexibility index (Phi) is 4.62. The summed E-state index contributed by atoms with van der Waals surface area (Å²) in [7, 11) is 0. The summed E-state index contributed by atoms with van der Waals surface area (Å²) < 4.78 is 18.9. The first-order chi connectivity index (χ1) is 13.1. The zero-order chi connectivity index (χ0) is 18.9. The van der Waals surface area contributed by atoms with Gasteiger partial charge < -0.3 is 10.1 Å². The first-order valence-electron chi connectivity index (χ1n) is 9.10. The van der Waals surface area contributed by atoms with Crippen LogP contribution in [-0.4, -0.2) is 24.1 Å². The van der Waals surface area contributed by atoms with Crippen molar-refractivity contribution in [3.05, 3.63) is 71.7 Å². The van der Waals surface area contributed by atoms with Crippen molar-refractivity contribution in [2.45, 2.75) is 25.2 Å². The number of carbonyl (C=O) groups excluding carboxylic acids is 1. The maximum absolute atomic E-state index is 13.4. The highest BCUT2D eigenvalue weighted by atomic mass is 19.1. The number of benzene rings is 2. The number of hydrogen-bond acceptors (Lipinski definition) is 3. The minimum Gasteiger partial charge on any atom is -0.381 e. The number of aryl methyl sites for hydroxylation is 1. The van der Waals surface area contributed by atoms with Crippen molar-refractivity contribution in [1.29, 1.82) is 0 Å². The van der Waals surface area contributed by atoms with Crippen LogP contribution in [0, 0.1) is 12.7 Å². The number of rotatable bonds is 3. The molecule has 0 unspecified atom stereocenters. The summed E-state index contributed by atoms with van der Waals surface area (Å²) in [6, 6.07) is 13.9. The third kappa shape index (κ3) is 3.19. The molecule has 4 nitrogen and oxygen atoms in total. The van der Waals surface area contributed by atoms with Gasteiger partial charge in [0.25, 0.3) is 0 Å². The Bertz CT molecular complexity index is 979. The number of hydrogen-bond donors (Lipinski definition) is 1. The van der Waals surface area contributed by atoms with Crippen molar-refractivity contribution in [3.63, 3.8) is 0 Å². The van der Waals surface area contributed by atoms with Crippen molar-refractivity contribution >= 4 is 22.5 Å². The average Bonchev–Trinajstić information content (AvgIpc) is 2.71. The molecule has 2 aromatic carbocycles. The Hall–Kier alpha value is -2.79. The lowest BCUT2D eigenvalue weighted by molar-refractivity contribution is -0.125. The molecule has 5 heteroatoms. The molecular weight excluding hydrogens is 343 g/mol. The van der Waals surface area contributed by atoms with Crippen molar-refractivity contribution in [2.75, 3.05) is 18.5 Å². The van der Waals surface area contributed by atoms with Gasteiger partial charge in [-0.2, -0.15) is 0 Å². The van der Waals surface area contributed by atoms with Crippen LogP contribution in [0.3, 0.4) is 0 Å². The molecule has 4 rings (SSSR count). The van der Waals surface area contributed by atoms with Crippen LogP contribution < -0.4 is 5.32 Å². The topological polar surface area (TPSA) is 51.2 Å². The van der Waals surface area contributed by atoms with Crippen LogP contribution in [-0.2, 0) is 14.9 Å². The molecule has 1 amide bonds. The van der Waals surface area contributed by atoms with E-state index in [0.717, 1.165) is 27.7 Å². The molecule has 0 radical (unpaired) electrons. The molecule has 0 spiro atoms. The monoisotopic (exact) mass is 364 g/mol. The second-order valence-corrected chi connectivity index (χ2v) is 6.99. The number of nitrogens with one attached hydrogen (secondary N) is 1. The molecule has 1 N–H and O–H groups in total. The van der Waals surface area contributed by atoms with Gasteiger partial charge in [0.1, 0.15) is 5.82 Å². The molecule has 0 aliphatic carbocycles. The summed E-state index contributed by atoms with van der Waals surface area (Å²) in [5.74, 6) is -0.400. The fraction of sp³-hybridized carbons (Fsp3) is 0.273. The van der Waals surface area contributed by atoms with E-state index in [1.165, 1.54) is 12.1 Å². The van der Waals surface area contributed by atoms with E-state index in [1.807, 2.05) is 31.2 Å². The third-order valence-electron chi connectivity index (χ3n) is 5.40. The number of fused-ring (bicyclic) bond motifs is 1. The second kappa shape index (κ2) is 7.08. The largest absolute Gasteiger partial charge is 0.381 e. The molecule has 1 aliphatic heterocycles. The molecule has 3 aromatic rings. The fourth-order valence-corrected chi connectivity index (χ4v) is 3.80. The molecular formula is C22H21FN2O2. The lowest BCUT2D eigenvalue weighted by Gasteiger charge is -2.36. The summed E-state index contributed by atoms with van der Waals surface area (Å²) >= 11 is 0. The SMILES string of the molecule is Cc1ccc(NC(=O)C2(c3ccc(F)cc3)CCOCC2)c2cccnc12. The molecule has 1 aliphatic rings. The van der Waals surface area contributed by atoms with Crippen LogP contribution >= 0.6 is 0 Å². The summed E-state index contributed by atoms with van der Waals surface area (Å²) in [5, 5.41) is 4.02. The predicted molar refractivity (Wildman–Crippen MR) is 103 cm³/mol. The van der Waals surface area contributed by atoms with E-state index in [2.05, 4.69) is 10.3 Å². The number of carbonyl (C=O) groups is 1. The van der Waals surface area contributed by atoms with Crippen LogP contribution in [0.1, 0.15) is 24.0 Å². The lowest BCUT2D eigenvalue weighted by atomic mass is 9.73. The van der Waals surface area contributed by atoms with Crippen LogP contribution in [0.15, 0.2) is 54.7 Å². The van der Waals surface area contributed by atoms with E-state index in [9.17, 15) is 9.18 Å². The van der Waals surface area contributed by atoms with Gasteiger partial charge in [0.2, 0.25) is 5.91 Å². The summed E-state index contributed by atoms with van der Waals surface area (Å²) in [6.07, 6.45) is 2.87. The smallest absolute Gasteiger partial charge is 0.235 e.